The van der Waals surface area contributed by atoms with Gasteiger partial charge < -0.3 is 15.2 Å². The highest BCUT2D eigenvalue weighted by Gasteiger charge is 2.23. The van der Waals surface area contributed by atoms with Crippen LogP contribution in [0.4, 0.5) is 0 Å². The van der Waals surface area contributed by atoms with E-state index in [2.05, 4.69) is 5.32 Å². The molecule has 5 heteroatoms. The van der Waals surface area contributed by atoms with E-state index in [4.69, 9.17) is 9.84 Å². The van der Waals surface area contributed by atoms with Crippen LogP contribution < -0.4 is 5.32 Å². The minimum atomic E-state index is -0.876. The summed E-state index contributed by atoms with van der Waals surface area (Å²) in [7, 11) is 0. The lowest BCUT2D eigenvalue weighted by atomic mass is 9.87. The summed E-state index contributed by atoms with van der Waals surface area (Å²) < 4.78 is 5.48. The third-order valence-corrected chi connectivity index (χ3v) is 3.36. The first-order valence-electron chi connectivity index (χ1n) is 7.39. The van der Waals surface area contributed by atoms with E-state index in [0.29, 0.717) is 12.8 Å². The van der Waals surface area contributed by atoms with Gasteiger partial charge in [0, 0.05) is 19.1 Å². The molecule has 0 saturated carbocycles. The first-order chi connectivity index (χ1) is 9.26. The van der Waals surface area contributed by atoms with E-state index in [0.717, 1.165) is 25.9 Å². The molecule has 0 aromatic carbocycles. The third kappa shape index (κ3) is 7.48. The first kappa shape index (κ1) is 17.0. The van der Waals surface area contributed by atoms with Crippen molar-refractivity contribution in [1.29, 1.82) is 0 Å². The minimum absolute atomic E-state index is 0.0119. The Bertz CT molecular complexity index is 329. The Morgan fingerprint density at radius 2 is 2.10 bits per heavy atom. The molecular formula is C15H27NO4. The van der Waals surface area contributed by atoms with Gasteiger partial charge in [0.05, 0.1) is 12.5 Å². The summed E-state index contributed by atoms with van der Waals surface area (Å²) in [6, 6.07) is -0.301. The molecule has 1 fully saturated rings. The van der Waals surface area contributed by atoms with Crippen LogP contribution in [0.5, 0.6) is 0 Å². The average molecular weight is 285 g/mol. The summed E-state index contributed by atoms with van der Waals surface area (Å²) in [5.74, 6) is -0.949. The predicted octanol–water partition coefficient (Wildman–Crippen LogP) is 2.34. The van der Waals surface area contributed by atoms with Crippen LogP contribution in [-0.2, 0) is 14.3 Å². The molecule has 20 heavy (non-hydrogen) atoms. The monoisotopic (exact) mass is 285 g/mol. The maximum atomic E-state index is 11.9. The summed E-state index contributed by atoms with van der Waals surface area (Å²) >= 11 is 0. The van der Waals surface area contributed by atoms with E-state index in [1.165, 1.54) is 0 Å². The van der Waals surface area contributed by atoms with Crippen molar-refractivity contribution in [3.63, 3.8) is 0 Å². The molecule has 2 N–H and O–H groups in total. The van der Waals surface area contributed by atoms with Crippen LogP contribution in [0, 0.1) is 5.41 Å². The van der Waals surface area contributed by atoms with Gasteiger partial charge >= 0.3 is 5.97 Å². The summed E-state index contributed by atoms with van der Waals surface area (Å²) in [5, 5.41) is 11.8. The Balaban J connectivity index is 2.37. The molecule has 2 atom stereocenters. The maximum Gasteiger partial charge on any atom is 0.305 e. The van der Waals surface area contributed by atoms with E-state index in [1.54, 1.807) is 0 Å². The van der Waals surface area contributed by atoms with Gasteiger partial charge in [-0.1, -0.05) is 20.8 Å². The van der Waals surface area contributed by atoms with Crippen molar-refractivity contribution in [3.8, 4) is 0 Å². The molecular weight excluding hydrogens is 258 g/mol. The van der Waals surface area contributed by atoms with Crippen molar-refractivity contribution in [2.24, 2.45) is 5.41 Å². The van der Waals surface area contributed by atoms with Crippen molar-refractivity contribution in [2.45, 2.75) is 71.4 Å². The largest absolute Gasteiger partial charge is 0.481 e. The Morgan fingerprint density at radius 1 is 1.40 bits per heavy atom. The van der Waals surface area contributed by atoms with Gasteiger partial charge in [-0.25, -0.2) is 0 Å². The lowest BCUT2D eigenvalue weighted by Crippen LogP contribution is -2.39. The Hall–Kier alpha value is -1.10. The number of carbonyl (C=O) groups is 2. The van der Waals surface area contributed by atoms with Gasteiger partial charge in [0.25, 0.3) is 0 Å². The van der Waals surface area contributed by atoms with Crippen molar-refractivity contribution in [1.82, 2.24) is 5.32 Å². The highest BCUT2D eigenvalue weighted by Crippen LogP contribution is 2.22. The van der Waals surface area contributed by atoms with Crippen LogP contribution in [0.1, 0.15) is 59.3 Å². The minimum Gasteiger partial charge on any atom is -0.481 e. The zero-order chi connectivity index (χ0) is 15.2. The number of hydrogen-bond donors (Lipinski definition) is 2. The van der Waals surface area contributed by atoms with E-state index in [1.807, 2.05) is 20.8 Å². The highest BCUT2D eigenvalue weighted by atomic mass is 16.5. The highest BCUT2D eigenvalue weighted by molar-refractivity contribution is 5.77. The smallest absolute Gasteiger partial charge is 0.305 e. The van der Waals surface area contributed by atoms with Crippen molar-refractivity contribution in [3.05, 3.63) is 0 Å². The SMILES string of the molecule is CC(C)(C)CC(CC(=O)O)NC(=O)CCC1CCCO1. The zero-order valence-corrected chi connectivity index (χ0v) is 12.8. The fraction of sp³-hybridized carbons (Fsp3) is 0.867. The predicted molar refractivity (Wildman–Crippen MR) is 76.5 cm³/mol. The van der Waals surface area contributed by atoms with Crippen LogP contribution in [0.3, 0.4) is 0 Å². The molecule has 0 bridgehead atoms. The van der Waals surface area contributed by atoms with Gasteiger partial charge in [-0.2, -0.15) is 0 Å². The number of ether oxygens (including phenoxy) is 1. The van der Waals surface area contributed by atoms with Crippen molar-refractivity contribution in [2.75, 3.05) is 6.61 Å². The summed E-state index contributed by atoms with van der Waals surface area (Å²) in [5.41, 5.74) is -0.0119. The molecule has 0 aromatic heterocycles. The number of amides is 1. The number of rotatable bonds is 7. The molecule has 1 rings (SSSR count). The molecule has 0 radical (unpaired) electrons. The van der Waals surface area contributed by atoms with Crippen LogP contribution in [0.2, 0.25) is 0 Å². The topological polar surface area (TPSA) is 75.6 Å². The Morgan fingerprint density at radius 3 is 2.60 bits per heavy atom. The number of hydrogen-bond acceptors (Lipinski definition) is 3. The molecule has 2 unspecified atom stereocenters. The number of carboxylic acids is 1. The van der Waals surface area contributed by atoms with E-state index in [9.17, 15) is 9.59 Å². The molecule has 1 aliphatic heterocycles. The van der Waals surface area contributed by atoms with Gasteiger partial charge in [0.1, 0.15) is 0 Å². The quantitative estimate of drug-likeness (QED) is 0.753. The first-order valence-corrected chi connectivity index (χ1v) is 7.39. The van der Waals surface area contributed by atoms with Crippen LogP contribution in [-0.4, -0.2) is 35.7 Å². The number of aliphatic carboxylic acids is 1. The number of nitrogens with one attached hydrogen (secondary N) is 1. The summed E-state index contributed by atoms with van der Waals surface area (Å²) in [6.07, 6.45) is 4.05. The standard InChI is InChI=1S/C15H27NO4/c1-15(2,3)10-11(9-14(18)19)16-13(17)7-6-12-5-4-8-20-12/h11-12H,4-10H2,1-3H3,(H,16,17)(H,18,19). The second kappa shape index (κ2) is 7.62. The molecule has 5 nitrogen and oxygen atoms in total. The molecule has 0 aliphatic carbocycles. The second-order valence-electron chi connectivity index (χ2n) is 6.80. The number of carbonyl (C=O) groups excluding carboxylic acids is 1. The van der Waals surface area contributed by atoms with E-state index >= 15 is 0 Å². The Kier molecular flexibility index (Phi) is 6.46. The van der Waals surface area contributed by atoms with E-state index in [-0.39, 0.29) is 29.9 Å². The summed E-state index contributed by atoms with van der Waals surface area (Å²) in [6.45, 7) is 6.92. The van der Waals surface area contributed by atoms with Crippen molar-refractivity contribution >= 4 is 11.9 Å². The van der Waals surface area contributed by atoms with Crippen molar-refractivity contribution < 1.29 is 19.4 Å². The Labute approximate surface area is 121 Å². The van der Waals surface area contributed by atoms with Crippen LogP contribution in [0.15, 0.2) is 0 Å². The second-order valence-corrected chi connectivity index (χ2v) is 6.80. The van der Waals surface area contributed by atoms with Gasteiger partial charge in [0.15, 0.2) is 0 Å². The van der Waals surface area contributed by atoms with E-state index < -0.39 is 5.97 Å². The average Bonchev–Trinajstić information content (AvgIpc) is 2.75. The fourth-order valence-electron chi connectivity index (χ4n) is 2.59. The molecule has 1 saturated heterocycles. The van der Waals surface area contributed by atoms with Gasteiger partial charge in [0.2, 0.25) is 5.91 Å². The van der Waals surface area contributed by atoms with Gasteiger partial charge in [-0.3, -0.25) is 9.59 Å². The molecule has 1 aliphatic rings. The molecule has 0 spiro atoms. The third-order valence-electron chi connectivity index (χ3n) is 3.36. The molecule has 0 aromatic rings. The maximum absolute atomic E-state index is 11.9. The fourth-order valence-corrected chi connectivity index (χ4v) is 2.59. The number of carboxylic acid groups (broad SMARTS) is 1. The lowest BCUT2D eigenvalue weighted by Gasteiger charge is -2.26. The van der Waals surface area contributed by atoms with Crippen LogP contribution >= 0.6 is 0 Å². The molecule has 116 valence electrons. The van der Waals surface area contributed by atoms with Gasteiger partial charge in [-0.15, -0.1) is 0 Å². The molecule has 1 amide bonds. The lowest BCUT2D eigenvalue weighted by molar-refractivity contribution is -0.138. The zero-order valence-electron chi connectivity index (χ0n) is 12.8. The molecule has 1 heterocycles. The van der Waals surface area contributed by atoms with Crippen LogP contribution in [0.25, 0.3) is 0 Å². The normalized spacial score (nSPS) is 20.6. The van der Waals surface area contributed by atoms with Gasteiger partial charge in [-0.05, 0) is 31.1 Å². The summed E-state index contributed by atoms with van der Waals surface area (Å²) in [4.78, 5) is 22.8.